The van der Waals surface area contributed by atoms with Crippen LogP contribution < -0.4 is 5.56 Å². The Kier molecular flexibility index (Phi) is 4.75. The lowest BCUT2D eigenvalue weighted by Crippen LogP contribution is -2.37. The first-order valence-electron chi connectivity index (χ1n) is 8.50. The van der Waals surface area contributed by atoms with Crippen molar-refractivity contribution in [1.29, 1.82) is 0 Å². The third-order valence-corrected chi connectivity index (χ3v) is 4.89. The minimum absolute atomic E-state index is 0.231. The van der Waals surface area contributed by atoms with Gasteiger partial charge in [-0.2, -0.15) is 5.10 Å². The highest BCUT2D eigenvalue weighted by Crippen LogP contribution is 2.22. The van der Waals surface area contributed by atoms with Crippen molar-refractivity contribution < 1.29 is 9.59 Å². The summed E-state index contributed by atoms with van der Waals surface area (Å²) in [7, 11) is 0. The first-order chi connectivity index (χ1) is 13.5. The van der Waals surface area contributed by atoms with Gasteiger partial charge >= 0.3 is 0 Å². The molecule has 0 radical (unpaired) electrons. The van der Waals surface area contributed by atoms with Crippen LogP contribution in [0.25, 0.3) is 12.2 Å². The number of fused-ring (bicyclic) bond motifs is 1. The Morgan fingerprint density at radius 2 is 1.46 bits per heavy atom. The second kappa shape index (κ2) is 7.36. The molecule has 0 saturated carbocycles. The molecule has 1 aliphatic heterocycles. The average molecular weight is 436 g/mol. The lowest BCUT2D eigenvalue weighted by molar-refractivity contribution is 0.0594. The van der Waals surface area contributed by atoms with Crippen LogP contribution in [-0.2, 0) is 6.67 Å². The molecule has 2 aromatic carbocycles. The van der Waals surface area contributed by atoms with Crippen LogP contribution in [0, 0.1) is 0 Å². The van der Waals surface area contributed by atoms with Crippen molar-refractivity contribution in [2.45, 2.75) is 6.67 Å². The summed E-state index contributed by atoms with van der Waals surface area (Å²) < 4.78 is 2.10. The third-order valence-electron chi connectivity index (χ3n) is 4.36. The van der Waals surface area contributed by atoms with Crippen LogP contribution in [0.5, 0.6) is 0 Å². The van der Waals surface area contributed by atoms with Gasteiger partial charge in [0.05, 0.1) is 16.8 Å². The molecule has 1 aromatic heterocycles. The van der Waals surface area contributed by atoms with E-state index in [2.05, 4.69) is 21.0 Å². The van der Waals surface area contributed by atoms with E-state index < -0.39 is 17.4 Å². The van der Waals surface area contributed by atoms with Crippen molar-refractivity contribution in [3.8, 4) is 0 Å². The summed E-state index contributed by atoms with van der Waals surface area (Å²) in [5.41, 5.74) is 1.80. The second-order valence-electron chi connectivity index (χ2n) is 6.21. The number of carbonyl (C=O) groups excluding carboxylic acids is 2. The predicted molar refractivity (Wildman–Crippen MR) is 109 cm³/mol. The van der Waals surface area contributed by atoms with Crippen molar-refractivity contribution in [2.24, 2.45) is 0 Å². The van der Waals surface area contributed by atoms with Crippen LogP contribution in [0.4, 0.5) is 0 Å². The van der Waals surface area contributed by atoms with E-state index in [9.17, 15) is 14.4 Å². The van der Waals surface area contributed by atoms with Crippen LogP contribution in [0.15, 0.2) is 69.9 Å². The molecule has 0 unspecified atom stereocenters. The summed E-state index contributed by atoms with van der Waals surface area (Å²) in [5.74, 6) is -0.852. The minimum atomic E-state index is -0.426. The maximum Gasteiger partial charge on any atom is 0.268 e. The van der Waals surface area contributed by atoms with Crippen molar-refractivity contribution >= 4 is 39.9 Å². The fraction of sp³-hybridized carbons (Fsp3) is 0.0476. The van der Waals surface area contributed by atoms with Gasteiger partial charge in [0.2, 0.25) is 0 Å². The molecule has 28 heavy (non-hydrogen) atoms. The molecule has 0 atom stereocenters. The van der Waals surface area contributed by atoms with Gasteiger partial charge in [0.15, 0.2) is 0 Å². The van der Waals surface area contributed by atoms with Gasteiger partial charge in [-0.25, -0.2) is 4.68 Å². The number of imide groups is 1. The van der Waals surface area contributed by atoms with Crippen LogP contribution in [-0.4, -0.2) is 26.5 Å². The van der Waals surface area contributed by atoms with Crippen molar-refractivity contribution in [3.63, 3.8) is 0 Å². The third kappa shape index (κ3) is 3.44. The summed E-state index contributed by atoms with van der Waals surface area (Å²) in [5, 5.41) is 4.26. The van der Waals surface area contributed by atoms with Gasteiger partial charge in [-0.05, 0) is 42.0 Å². The lowest BCUT2D eigenvalue weighted by atomic mass is 10.1. The van der Waals surface area contributed by atoms with Gasteiger partial charge < -0.3 is 0 Å². The van der Waals surface area contributed by atoms with E-state index in [1.807, 2.05) is 30.3 Å². The molecule has 6 nitrogen and oxygen atoms in total. The Hall–Kier alpha value is -3.32. The van der Waals surface area contributed by atoms with Gasteiger partial charge in [-0.15, -0.1) is 0 Å². The zero-order valence-corrected chi connectivity index (χ0v) is 16.2. The van der Waals surface area contributed by atoms with E-state index >= 15 is 0 Å². The Bertz CT molecular complexity index is 1130. The Labute approximate surface area is 168 Å². The van der Waals surface area contributed by atoms with E-state index in [1.165, 1.54) is 6.07 Å². The molecule has 1 aliphatic rings. The summed E-state index contributed by atoms with van der Waals surface area (Å²) in [6, 6.07) is 17.3. The minimum Gasteiger partial charge on any atom is -0.269 e. The average Bonchev–Trinajstić information content (AvgIpc) is 2.95. The van der Waals surface area contributed by atoms with Crippen molar-refractivity contribution in [2.75, 3.05) is 0 Å². The SMILES string of the molecule is O=C1c2ccccc2C(=O)N1Cn1nc(C=Cc2ccc(Br)cc2)ccc1=O. The topological polar surface area (TPSA) is 72.3 Å². The largest absolute Gasteiger partial charge is 0.269 e. The molecule has 0 N–H and O–H groups in total. The maximum absolute atomic E-state index is 12.5. The highest BCUT2D eigenvalue weighted by molar-refractivity contribution is 9.10. The number of amides is 2. The normalized spacial score (nSPS) is 13.4. The highest BCUT2D eigenvalue weighted by atomic mass is 79.9. The monoisotopic (exact) mass is 435 g/mol. The number of nitrogens with zero attached hydrogens (tertiary/aromatic N) is 3. The smallest absolute Gasteiger partial charge is 0.268 e. The van der Waals surface area contributed by atoms with E-state index in [0.29, 0.717) is 16.8 Å². The van der Waals surface area contributed by atoms with E-state index in [1.54, 1.807) is 36.4 Å². The first kappa shape index (κ1) is 18.1. The molecule has 0 spiro atoms. The number of carbonyl (C=O) groups is 2. The summed E-state index contributed by atoms with van der Waals surface area (Å²) >= 11 is 3.39. The predicted octanol–water partition coefficient (Wildman–Crippen LogP) is 3.43. The standard InChI is InChI=1S/C21H14BrN3O3/c22-15-8-5-14(6-9-15)7-10-16-11-12-19(26)25(23-16)13-24-20(27)17-3-1-2-4-18(17)21(24)28/h1-12H,13H2. The lowest BCUT2D eigenvalue weighted by Gasteiger charge is -2.14. The molecule has 0 aliphatic carbocycles. The summed E-state index contributed by atoms with van der Waals surface area (Å²) in [6.45, 7) is -0.231. The van der Waals surface area contributed by atoms with Gasteiger partial charge in [0.1, 0.15) is 6.67 Å². The number of hydrogen-bond donors (Lipinski definition) is 0. The zero-order chi connectivity index (χ0) is 19.7. The van der Waals surface area contributed by atoms with Gasteiger partial charge in [-0.3, -0.25) is 19.3 Å². The maximum atomic E-state index is 12.5. The molecule has 7 heteroatoms. The Balaban J connectivity index is 1.58. The van der Waals surface area contributed by atoms with E-state index in [0.717, 1.165) is 19.6 Å². The fourth-order valence-electron chi connectivity index (χ4n) is 2.91. The number of benzene rings is 2. The van der Waals surface area contributed by atoms with Crippen LogP contribution in [0.3, 0.4) is 0 Å². The molecule has 138 valence electrons. The van der Waals surface area contributed by atoms with Gasteiger partial charge in [0, 0.05) is 10.5 Å². The Morgan fingerprint density at radius 3 is 2.11 bits per heavy atom. The van der Waals surface area contributed by atoms with Crippen LogP contribution >= 0.6 is 15.9 Å². The van der Waals surface area contributed by atoms with Crippen LogP contribution in [0.1, 0.15) is 32.0 Å². The molecular weight excluding hydrogens is 422 g/mol. The summed E-state index contributed by atoms with van der Waals surface area (Å²) in [6.07, 6.45) is 3.63. The van der Waals surface area contributed by atoms with Crippen molar-refractivity contribution in [3.05, 3.63) is 97.9 Å². The van der Waals surface area contributed by atoms with Crippen molar-refractivity contribution in [1.82, 2.24) is 14.7 Å². The van der Waals surface area contributed by atoms with E-state index in [4.69, 9.17) is 0 Å². The van der Waals surface area contributed by atoms with Crippen LogP contribution in [0.2, 0.25) is 0 Å². The molecule has 2 amide bonds. The number of rotatable bonds is 4. The Morgan fingerprint density at radius 1 is 0.821 bits per heavy atom. The molecule has 0 fully saturated rings. The van der Waals surface area contributed by atoms with E-state index in [-0.39, 0.29) is 6.67 Å². The molecule has 3 aromatic rings. The highest BCUT2D eigenvalue weighted by Gasteiger charge is 2.35. The fourth-order valence-corrected chi connectivity index (χ4v) is 3.18. The molecular formula is C21H14BrN3O3. The molecule has 2 heterocycles. The number of hydrogen-bond acceptors (Lipinski definition) is 4. The second-order valence-corrected chi connectivity index (χ2v) is 7.12. The first-order valence-corrected chi connectivity index (χ1v) is 9.29. The number of aromatic nitrogens is 2. The molecule has 4 rings (SSSR count). The zero-order valence-electron chi connectivity index (χ0n) is 14.6. The number of halogens is 1. The quantitative estimate of drug-likeness (QED) is 0.588. The molecule has 0 saturated heterocycles. The molecule has 0 bridgehead atoms. The van der Waals surface area contributed by atoms with Gasteiger partial charge in [0.25, 0.3) is 17.4 Å². The van der Waals surface area contributed by atoms with Gasteiger partial charge in [-0.1, -0.05) is 46.3 Å². The summed E-state index contributed by atoms with van der Waals surface area (Å²) in [4.78, 5) is 38.2.